The second-order valence-corrected chi connectivity index (χ2v) is 8.31. The lowest BCUT2D eigenvalue weighted by Gasteiger charge is -2.40. The summed E-state index contributed by atoms with van der Waals surface area (Å²) in [6, 6.07) is 0.737. The van der Waals surface area contributed by atoms with Crippen LogP contribution in [-0.4, -0.2) is 97.0 Å². The van der Waals surface area contributed by atoms with Crippen molar-refractivity contribution >= 4 is 0 Å². The van der Waals surface area contributed by atoms with E-state index in [-0.39, 0.29) is 11.7 Å². The molecule has 2 saturated heterocycles. The van der Waals surface area contributed by atoms with Crippen LogP contribution in [0, 0.1) is 0 Å². The number of likely N-dealkylation sites (tertiary alicyclic amines) is 1. The molecule has 5 nitrogen and oxygen atoms in total. The van der Waals surface area contributed by atoms with E-state index in [4.69, 9.17) is 4.74 Å². The monoisotopic (exact) mass is 327 g/mol. The first-order valence-electron chi connectivity index (χ1n) is 9.30. The number of hydrogen-bond donors (Lipinski definition) is 1. The van der Waals surface area contributed by atoms with Gasteiger partial charge in [-0.15, -0.1) is 0 Å². The Hall–Kier alpha value is -0.200. The summed E-state index contributed by atoms with van der Waals surface area (Å²) in [5.74, 6) is 0. The number of aliphatic hydroxyl groups excluding tert-OH is 1. The van der Waals surface area contributed by atoms with Gasteiger partial charge in [0.05, 0.1) is 18.3 Å². The molecular formula is C18H37N3O2. The predicted octanol–water partition coefficient (Wildman–Crippen LogP) is 1.26. The lowest BCUT2D eigenvalue weighted by Crippen LogP contribution is -2.53. The van der Waals surface area contributed by atoms with E-state index in [9.17, 15) is 5.11 Å². The number of ether oxygens (including phenoxy) is 1. The smallest absolute Gasteiger partial charge is 0.0900 e. The van der Waals surface area contributed by atoms with Gasteiger partial charge in [-0.3, -0.25) is 9.80 Å². The van der Waals surface area contributed by atoms with Crippen LogP contribution in [-0.2, 0) is 4.74 Å². The Morgan fingerprint density at radius 1 is 1.04 bits per heavy atom. The molecule has 0 amide bonds. The second-order valence-electron chi connectivity index (χ2n) is 8.31. The fraction of sp³-hybridized carbons (Fsp3) is 1.00. The van der Waals surface area contributed by atoms with Crippen molar-refractivity contribution in [1.29, 1.82) is 0 Å². The molecular weight excluding hydrogens is 290 g/mol. The van der Waals surface area contributed by atoms with E-state index in [1.54, 1.807) is 0 Å². The van der Waals surface area contributed by atoms with Crippen LogP contribution in [0.3, 0.4) is 0 Å². The molecule has 2 heterocycles. The molecule has 0 aromatic carbocycles. The lowest BCUT2D eigenvalue weighted by molar-refractivity contribution is -0.0589. The molecule has 0 spiro atoms. The van der Waals surface area contributed by atoms with Crippen LogP contribution in [0.15, 0.2) is 0 Å². The number of piperazine rings is 1. The maximum absolute atomic E-state index is 10.1. The minimum Gasteiger partial charge on any atom is -0.389 e. The van der Waals surface area contributed by atoms with Gasteiger partial charge in [0, 0.05) is 45.3 Å². The third kappa shape index (κ3) is 7.06. The number of nitrogens with zero attached hydrogens (tertiary/aromatic N) is 3. The number of likely N-dealkylation sites (N-methyl/N-ethyl adjacent to an activating group) is 1. The van der Waals surface area contributed by atoms with Crippen LogP contribution in [0.5, 0.6) is 0 Å². The highest BCUT2D eigenvalue weighted by Gasteiger charge is 2.25. The first-order valence-corrected chi connectivity index (χ1v) is 9.30. The first-order chi connectivity index (χ1) is 10.8. The Labute approximate surface area is 142 Å². The van der Waals surface area contributed by atoms with Gasteiger partial charge in [-0.25, -0.2) is 0 Å². The standard InChI is InChI=1S/C18H37N3O2/c1-18(2,3)23-15-17(22)14-21-11-9-20(10-12-21)13-16-7-5-6-8-19(16)4/h16-17,22H,5-15H2,1-4H3/t16-,17+/m0/s1. The number of β-amino-alcohol motifs (C(OH)–C–C–N with tert-alkyl or cyclic N) is 1. The molecule has 2 atom stereocenters. The highest BCUT2D eigenvalue weighted by Crippen LogP contribution is 2.17. The number of hydrogen-bond acceptors (Lipinski definition) is 5. The summed E-state index contributed by atoms with van der Waals surface area (Å²) in [5.41, 5.74) is -0.175. The van der Waals surface area contributed by atoms with Crippen molar-refractivity contribution < 1.29 is 9.84 Å². The highest BCUT2D eigenvalue weighted by molar-refractivity contribution is 4.81. The van der Waals surface area contributed by atoms with Gasteiger partial charge in [-0.05, 0) is 47.2 Å². The Bertz CT molecular complexity index is 338. The van der Waals surface area contributed by atoms with Crippen molar-refractivity contribution in [3.05, 3.63) is 0 Å². The Morgan fingerprint density at radius 3 is 2.30 bits per heavy atom. The molecule has 0 bridgehead atoms. The average Bonchev–Trinajstić information content (AvgIpc) is 2.49. The minimum absolute atomic E-state index is 0.175. The van der Waals surface area contributed by atoms with E-state index in [0.29, 0.717) is 6.61 Å². The SMILES string of the molecule is CN1CCCC[C@H]1CN1CCN(C[C@@H](O)COC(C)(C)C)CC1. The largest absolute Gasteiger partial charge is 0.389 e. The summed E-state index contributed by atoms with van der Waals surface area (Å²) in [7, 11) is 2.27. The molecule has 0 aliphatic carbocycles. The second kappa shape index (κ2) is 8.77. The van der Waals surface area contributed by atoms with Crippen LogP contribution in [0.4, 0.5) is 0 Å². The molecule has 1 N–H and O–H groups in total. The van der Waals surface area contributed by atoms with Gasteiger partial charge in [0.2, 0.25) is 0 Å². The van der Waals surface area contributed by atoms with Gasteiger partial charge in [0.1, 0.15) is 0 Å². The molecule has 0 radical (unpaired) electrons. The molecule has 0 aromatic heterocycles. The summed E-state index contributed by atoms with van der Waals surface area (Å²) in [6.07, 6.45) is 3.70. The molecule has 0 unspecified atom stereocenters. The van der Waals surface area contributed by atoms with E-state index >= 15 is 0 Å². The van der Waals surface area contributed by atoms with Crippen LogP contribution in [0.1, 0.15) is 40.0 Å². The maximum Gasteiger partial charge on any atom is 0.0900 e. The van der Waals surface area contributed by atoms with Crippen LogP contribution in [0.25, 0.3) is 0 Å². The maximum atomic E-state index is 10.1. The van der Waals surface area contributed by atoms with E-state index in [1.807, 2.05) is 20.8 Å². The number of aliphatic hydroxyl groups is 1. The summed E-state index contributed by atoms with van der Waals surface area (Å²) in [6.45, 7) is 14.1. The van der Waals surface area contributed by atoms with Crippen molar-refractivity contribution in [2.75, 3.05) is 59.5 Å². The zero-order chi connectivity index (χ0) is 16.9. The lowest BCUT2D eigenvalue weighted by atomic mass is 10.0. The van der Waals surface area contributed by atoms with Crippen LogP contribution < -0.4 is 0 Å². The summed E-state index contributed by atoms with van der Waals surface area (Å²) in [5, 5.41) is 10.1. The zero-order valence-electron chi connectivity index (χ0n) is 15.6. The van der Waals surface area contributed by atoms with E-state index in [0.717, 1.165) is 38.8 Å². The zero-order valence-corrected chi connectivity index (χ0v) is 15.6. The van der Waals surface area contributed by atoms with Crippen molar-refractivity contribution in [3.63, 3.8) is 0 Å². The van der Waals surface area contributed by atoms with Crippen molar-refractivity contribution in [3.8, 4) is 0 Å². The molecule has 2 aliphatic heterocycles. The summed E-state index contributed by atoms with van der Waals surface area (Å²) >= 11 is 0. The fourth-order valence-corrected chi connectivity index (χ4v) is 3.52. The summed E-state index contributed by atoms with van der Waals surface area (Å²) < 4.78 is 5.67. The Kier molecular flexibility index (Phi) is 7.29. The van der Waals surface area contributed by atoms with Crippen molar-refractivity contribution in [2.45, 2.75) is 57.8 Å². The van der Waals surface area contributed by atoms with Gasteiger partial charge < -0.3 is 14.7 Å². The van der Waals surface area contributed by atoms with Crippen molar-refractivity contribution in [2.24, 2.45) is 0 Å². The van der Waals surface area contributed by atoms with Gasteiger partial charge in [0.25, 0.3) is 0 Å². The molecule has 0 aromatic rings. The molecule has 136 valence electrons. The minimum atomic E-state index is -0.384. The van der Waals surface area contributed by atoms with Crippen LogP contribution >= 0.6 is 0 Å². The molecule has 0 saturated carbocycles. The van der Waals surface area contributed by atoms with Gasteiger partial charge in [-0.2, -0.15) is 0 Å². The topological polar surface area (TPSA) is 39.2 Å². The van der Waals surface area contributed by atoms with Crippen molar-refractivity contribution in [1.82, 2.24) is 14.7 Å². The van der Waals surface area contributed by atoms with Gasteiger partial charge in [0.15, 0.2) is 0 Å². The quantitative estimate of drug-likeness (QED) is 0.795. The predicted molar refractivity (Wildman–Crippen MR) is 94.9 cm³/mol. The Balaban J connectivity index is 1.63. The van der Waals surface area contributed by atoms with Gasteiger partial charge >= 0.3 is 0 Å². The molecule has 5 heteroatoms. The molecule has 2 aliphatic rings. The van der Waals surface area contributed by atoms with Gasteiger partial charge in [-0.1, -0.05) is 6.42 Å². The molecule has 2 fully saturated rings. The number of piperidine rings is 1. The highest BCUT2D eigenvalue weighted by atomic mass is 16.5. The summed E-state index contributed by atoms with van der Waals surface area (Å²) in [4.78, 5) is 7.50. The third-order valence-electron chi connectivity index (χ3n) is 5.03. The fourth-order valence-electron chi connectivity index (χ4n) is 3.52. The Morgan fingerprint density at radius 2 is 1.70 bits per heavy atom. The van der Waals surface area contributed by atoms with Crippen LogP contribution in [0.2, 0.25) is 0 Å². The average molecular weight is 328 g/mol. The van der Waals surface area contributed by atoms with E-state index in [2.05, 4.69) is 21.7 Å². The molecule has 2 rings (SSSR count). The first kappa shape index (κ1) is 19.1. The van der Waals surface area contributed by atoms with E-state index < -0.39 is 0 Å². The third-order valence-corrected chi connectivity index (χ3v) is 5.03. The number of rotatable bonds is 6. The molecule has 23 heavy (non-hydrogen) atoms. The normalized spacial score (nSPS) is 27.3. The van der Waals surface area contributed by atoms with E-state index in [1.165, 1.54) is 32.4 Å².